The summed E-state index contributed by atoms with van der Waals surface area (Å²) in [6, 6.07) is 11.2. The number of amides is 1. The quantitative estimate of drug-likeness (QED) is 0.867. The smallest absolute Gasteiger partial charge is 0.264 e. The molecule has 2 heterocycles. The zero-order chi connectivity index (χ0) is 14.7. The van der Waals surface area contributed by atoms with Gasteiger partial charge in [0.25, 0.3) is 5.91 Å². The fourth-order valence-corrected chi connectivity index (χ4v) is 2.54. The number of hydrogen-bond acceptors (Lipinski definition) is 4. The summed E-state index contributed by atoms with van der Waals surface area (Å²) in [6.07, 6.45) is 3.37. The van der Waals surface area contributed by atoms with Gasteiger partial charge in [0.1, 0.15) is 5.82 Å². The monoisotopic (exact) mass is 299 g/mol. The Morgan fingerprint density at radius 2 is 2.00 bits per heavy atom. The summed E-state index contributed by atoms with van der Waals surface area (Å²) in [6.45, 7) is 0. The molecule has 1 N–H and O–H groups in total. The summed E-state index contributed by atoms with van der Waals surface area (Å²) in [5, 5.41) is 3.14. The van der Waals surface area contributed by atoms with E-state index < -0.39 is 0 Å². The van der Waals surface area contributed by atoms with Crippen LogP contribution in [-0.2, 0) is 4.79 Å². The van der Waals surface area contributed by atoms with E-state index in [0.29, 0.717) is 21.5 Å². The summed E-state index contributed by atoms with van der Waals surface area (Å²) >= 11 is 1.23. The number of rotatable bonds is 2. The van der Waals surface area contributed by atoms with Crippen LogP contribution in [0, 0.1) is 5.82 Å². The fraction of sp³-hybridized carbons (Fsp3) is 0. The van der Waals surface area contributed by atoms with Gasteiger partial charge in [0.05, 0.1) is 16.3 Å². The molecular weight excluding hydrogens is 289 g/mol. The van der Waals surface area contributed by atoms with Crippen LogP contribution in [0.1, 0.15) is 5.69 Å². The highest BCUT2D eigenvalue weighted by molar-refractivity contribution is 8.18. The van der Waals surface area contributed by atoms with Crippen molar-refractivity contribution in [1.29, 1.82) is 0 Å². The van der Waals surface area contributed by atoms with E-state index in [-0.39, 0.29) is 11.7 Å². The minimum atomic E-state index is -0.321. The van der Waals surface area contributed by atoms with Crippen molar-refractivity contribution in [3.05, 3.63) is 65.1 Å². The molecule has 6 heteroatoms. The molecule has 0 radical (unpaired) electrons. The van der Waals surface area contributed by atoms with Crippen molar-refractivity contribution in [1.82, 2.24) is 10.3 Å². The third-order valence-electron chi connectivity index (χ3n) is 2.67. The number of thioether (sulfide) groups is 1. The Hall–Kier alpha value is -2.47. The average molecular weight is 299 g/mol. The van der Waals surface area contributed by atoms with Crippen LogP contribution in [0.4, 0.5) is 10.1 Å². The fourth-order valence-electron chi connectivity index (χ4n) is 1.71. The molecule has 0 atom stereocenters. The number of halogens is 1. The van der Waals surface area contributed by atoms with Crippen molar-refractivity contribution in [2.24, 2.45) is 4.99 Å². The van der Waals surface area contributed by atoms with Crippen molar-refractivity contribution in [2.45, 2.75) is 0 Å². The van der Waals surface area contributed by atoms with Crippen molar-refractivity contribution < 1.29 is 9.18 Å². The number of benzene rings is 1. The predicted molar refractivity (Wildman–Crippen MR) is 81.4 cm³/mol. The average Bonchev–Trinajstić information content (AvgIpc) is 2.82. The van der Waals surface area contributed by atoms with Crippen LogP contribution in [0.5, 0.6) is 0 Å². The number of pyridine rings is 1. The molecule has 1 aromatic carbocycles. The van der Waals surface area contributed by atoms with E-state index in [9.17, 15) is 9.18 Å². The highest BCUT2D eigenvalue weighted by Gasteiger charge is 2.23. The zero-order valence-corrected chi connectivity index (χ0v) is 11.6. The van der Waals surface area contributed by atoms with E-state index in [2.05, 4.69) is 15.3 Å². The Balaban J connectivity index is 1.81. The highest BCUT2D eigenvalue weighted by Crippen LogP contribution is 2.27. The van der Waals surface area contributed by atoms with Crippen LogP contribution < -0.4 is 5.32 Å². The molecule has 1 fully saturated rings. The number of nitrogens with zero attached hydrogens (tertiary/aromatic N) is 2. The lowest BCUT2D eigenvalue weighted by Crippen LogP contribution is -2.19. The Kier molecular flexibility index (Phi) is 3.79. The molecule has 21 heavy (non-hydrogen) atoms. The first-order valence-corrected chi connectivity index (χ1v) is 6.98. The lowest BCUT2D eigenvalue weighted by atomic mass is 10.3. The van der Waals surface area contributed by atoms with E-state index in [1.807, 2.05) is 18.2 Å². The number of aliphatic imine (C=N–C) groups is 1. The summed E-state index contributed by atoms with van der Waals surface area (Å²) in [5.41, 5.74) is 1.29. The minimum absolute atomic E-state index is 0.216. The van der Waals surface area contributed by atoms with E-state index in [1.165, 1.54) is 23.9 Å². The second-order valence-electron chi connectivity index (χ2n) is 4.21. The molecule has 1 aliphatic heterocycles. The first kappa shape index (κ1) is 13.5. The van der Waals surface area contributed by atoms with Gasteiger partial charge in [-0.3, -0.25) is 9.78 Å². The van der Waals surface area contributed by atoms with Crippen LogP contribution in [0.2, 0.25) is 0 Å². The zero-order valence-electron chi connectivity index (χ0n) is 10.8. The second-order valence-corrected chi connectivity index (χ2v) is 5.24. The molecule has 0 bridgehead atoms. The topological polar surface area (TPSA) is 54.4 Å². The molecule has 3 rings (SSSR count). The summed E-state index contributed by atoms with van der Waals surface area (Å²) in [7, 11) is 0. The predicted octanol–water partition coefficient (Wildman–Crippen LogP) is 3.11. The number of aromatic nitrogens is 1. The van der Waals surface area contributed by atoms with Gasteiger partial charge in [-0.1, -0.05) is 6.07 Å². The van der Waals surface area contributed by atoms with Crippen molar-refractivity contribution in [2.75, 3.05) is 0 Å². The van der Waals surface area contributed by atoms with E-state index in [1.54, 1.807) is 24.4 Å². The van der Waals surface area contributed by atoms with Gasteiger partial charge in [-0.2, -0.15) is 0 Å². The Bertz CT molecular complexity index is 726. The molecule has 1 aliphatic rings. The molecule has 1 saturated heterocycles. The molecule has 2 aromatic rings. The van der Waals surface area contributed by atoms with Gasteiger partial charge in [-0.25, -0.2) is 9.38 Å². The maximum atomic E-state index is 12.8. The van der Waals surface area contributed by atoms with Crippen molar-refractivity contribution in [3.8, 4) is 0 Å². The van der Waals surface area contributed by atoms with Gasteiger partial charge >= 0.3 is 0 Å². The molecular formula is C15H10FN3OS. The number of carbonyl (C=O) groups is 1. The third-order valence-corrected chi connectivity index (χ3v) is 3.58. The number of nitrogens with one attached hydrogen (secondary N) is 1. The minimum Gasteiger partial charge on any atom is -0.300 e. The first-order valence-electron chi connectivity index (χ1n) is 6.17. The van der Waals surface area contributed by atoms with Gasteiger partial charge in [-0.15, -0.1) is 0 Å². The van der Waals surface area contributed by atoms with Gasteiger partial charge in [0.15, 0.2) is 5.17 Å². The lowest BCUT2D eigenvalue weighted by Gasteiger charge is -1.95. The van der Waals surface area contributed by atoms with E-state index in [4.69, 9.17) is 0 Å². The van der Waals surface area contributed by atoms with Crippen molar-refractivity contribution in [3.63, 3.8) is 0 Å². The molecule has 0 aliphatic carbocycles. The lowest BCUT2D eigenvalue weighted by molar-refractivity contribution is -0.115. The summed E-state index contributed by atoms with van der Waals surface area (Å²) in [5.74, 6) is -0.538. The van der Waals surface area contributed by atoms with Gasteiger partial charge in [-0.05, 0) is 54.2 Å². The normalized spacial score (nSPS) is 18.2. The van der Waals surface area contributed by atoms with Crippen LogP contribution in [0.15, 0.2) is 58.6 Å². The number of carbonyl (C=O) groups excluding carboxylic acids is 1. The molecule has 1 amide bonds. The second kappa shape index (κ2) is 5.88. The molecule has 104 valence electrons. The van der Waals surface area contributed by atoms with Gasteiger partial charge in [0.2, 0.25) is 0 Å². The maximum Gasteiger partial charge on any atom is 0.264 e. The van der Waals surface area contributed by atoms with Crippen LogP contribution in [0.25, 0.3) is 6.08 Å². The molecule has 0 unspecified atom stereocenters. The number of amidine groups is 1. The standard InChI is InChI=1S/C15H10FN3OS/c16-10-4-6-11(7-5-10)18-15-19-14(20)13(21-15)9-12-3-1-2-8-17-12/h1-9H,(H,18,19,20)/b13-9-. The first-order chi connectivity index (χ1) is 10.2. The van der Waals surface area contributed by atoms with Crippen LogP contribution in [-0.4, -0.2) is 16.1 Å². The summed E-state index contributed by atoms with van der Waals surface area (Å²) < 4.78 is 12.8. The third kappa shape index (κ3) is 3.35. The number of hydrogen-bond donors (Lipinski definition) is 1. The molecule has 4 nitrogen and oxygen atoms in total. The van der Waals surface area contributed by atoms with Crippen LogP contribution in [0.3, 0.4) is 0 Å². The Labute approximate surface area is 124 Å². The maximum absolute atomic E-state index is 12.8. The Morgan fingerprint density at radius 1 is 1.19 bits per heavy atom. The summed E-state index contributed by atoms with van der Waals surface area (Å²) in [4.78, 5) is 20.8. The molecule has 0 saturated carbocycles. The Morgan fingerprint density at radius 3 is 2.71 bits per heavy atom. The van der Waals surface area contributed by atoms with E-state index in [0.717, 1.165) is 0 Å². The molecule has 0 spiro atoms. The largest absolute Gasteiger partial charge is 0.300 e. The SMILES string of the molecule is O=C1NC(=Nc2ccc(F)cc2)S/C1=C\c1ccccn1. The van der Waals surface area contributed by atoms with Crippen LogP contribution >= 0.6 is 11.8 Å². The molecule has 1 aromatic heterocycles. The van der Waals surface area contributed by atoms with E-state index >= 15 is 0 Å². The van der Waals surface area contributed by atoms with Gasteiger partial charge in [0, 0.05) is 6.20 Å². The highest BCUT2D eigenvalue weighted by atomic mass is 32.2. The van der Waals surface area contributed by atoms with Gasteiger partial charge < -0.3 is 5.32 Å². The van der Waals surface area contributed by atoms with Crippen molar-refractivity contribution >= 4 is 34.6 Å².